The molecular weight excluding hydrogens is 328 g/mol. The first-order valence-electron chi connectivity index (χ1n) is 9.93. The Balaban J connectivity index is 1.41. The average Bonchev–Trinajstić information content (AvgIpc) is 3.34. The van der Waals surface area contributed by atoms with Crippen LogP contribution in [-0.4, -0.2) is 68.1 Å². The Bertz CT molecular complexity index is 814. The summed E-state index contributed by atoms with van der Waals surface area (Å²) in [6.07, 6.45) is 6.30. The number of hydrogen-bond acceptors (Lipinski definition) is 6. The molecule has 0 bridgehead atoms. The van der Waals surface area contributed by atoms with Gasteiger partial charge in [-0.15, -0.1) is 0 Å². The van der Waals surface area contributed by atoms with Gasteiger partial charge >= 0.3 is 0 Å². The second kappa shape index (κ2) is 6.16. The van der Waals surface area contributed by atoms with Crippen LogP contribution in [0.5, 0.6) is 0 Å². The van der Waals surface area contributed by atoms with Crippen molar-refractivity contribution < 1.29 is 5.11 Å². The van der Waals surface area contributed by atoms with E-state index in [0.29, 0.717) is 17.9 Å². The summed E-state index contributed by atoms with van der Waals surface area (Å²) in [5.74, 6) is 3.01. The molecule has 1 aliphatic carbocycles. The van der Waals surface area contributed by atoms with Gasteiger partial charge in [-0.25, -0.2) is 9.97 Å². The standard InChI is InChI=1S/C19H28N6O/c1-12-21-18-15(9-20-23(18)2)19(22-12)25-10-13-7-16(24-5-3-4-6-24)17(26)8-14(13)11-25/h9,13-14,16-17,26H,3-8,10-11H2,1-2H3/t13-,14+,16-,17-/m1/s1. The zero-order valence-corrected chi connectivity index (χ0v) is 15.7. The molecule has 3 aliphatic rings. The number of aliphatic hydroxyl groups is 1. The lowest BCUT2D eigenvalue weighted by Crippen LogP contribution is -2.48. The second-order valence-corrected chi connectivity index (χ2v) is 8.37. The van der Waals surface area contributed by atoms with Crippen molar-refractivity contribution in [2.24, 2.45) is 18.9 Å². The zero-order valence-electron chi connectivity index (χ0n) is 15.7. The van der Waals surface area contributed by atoms with Crippen molar-refractivity contribution in [3.05, 3.63) is 12.0 Å². The van der Waals surface area contributed by atoms with Gasteiger partial charge in [-0.2, -0.15) is 5.10 Å². The van der Waals surface area contributed by atoms with Crippen molar-refractivity contribution in [3.8, 4) is 0 Å². The lowest BCUT2D eigenvalue weighted by molar-refractivity contribution is -0.000854. The third-order valence-corrected chi connectivity index (χ3v) is 6.70. The van der Waals surface area contributed by atoms with Crippen molar-refractivity contribution >= 4 is 16.9 Å². The molecule has 2 aromatic heterocycles. The predicted octanol–water partition coefficient (Wildman–Crippen LogP) is 1.34. The summed E-state index contributed by atoms with van der Waals surface area (Å²) in [6, 6.07) is 0.351. The van der Waals surface area contributed by atoms with Crippen molar-refractivity contribution in [2.75, 3.05) is 31.1 Å². The van der Waals surface area contributed by atoms with E-state index in [1.165, 1.54) is 12.8 Å². The van der Waals surface area contributed by atoms with Gasteiger partial charge in [-0.1, -0.05) is 0 Å². The molecular formula is C19H28N6O. The third-order valence-electron chi connectivity index (χ3n) is 6.70. The molecule has 5 rings (SSSR count). The van der Waals surface area contributed by atoms with E-state index in [2.05, 4.69) is 19.9 Å². The maximum Gasteiger partial charge on any atom is 0.163 e. The molecule has 0 unspecified atom stereocenters. The number of nitrogens with zero attached hydrogens (tertiary/aromatic N) is 6. The van der Waals surface area contributed by atoms with Gasteiger partial charge in [0.1, 0.15) is 11.6 Å². The van der Waals surface area contributed by atoms with E-state index in [0.717, 1.165) is 61.7 Å². The maximum atomic E-state index is 10.8. The normalized spacial score (nSPS) is 32.5. The van der Waals surface area contributed by atoms with Crippen molar-refractivity contribution in [2.45, 2.75) is 44.8 Å². The fraction of sp³-hybridized carbons (Fsp3) is 0.737. The van der Waals surface area contributed by atoms with E-state index in [1.54, 1.807) is 0 Å². The van der Waals surface area contributed by atoms with E-state index >= 15 is 0 Å². The molecule has 2 saturated heterocycles. The minimum absolute atomic E-state index is 0.181. The first kappa shape index (κ1) is 16.4. The number of rotatable bonds is 2. The Kier molecular flexibility index (Phi) is 3.90. The van der Waals surface area contributed by atoms with Crippen molar-refractivity contribution in [1.82, 2.24) is 24.6 Å². The molecule has 2 aromatic rings. The number of aromatic nitrogens is 4. The number of hydrogen-bond donors (Lipinski definition) is 1. The van der Waals surface area contributed by atoms with E-state index in [4.69, 9.17) is 4.98 Å². The van der Waals surface area contributed by atoms with E-state index in [1.807, 2.05) is 24.9 Å². The number of anilines is 1. The van der Waals surface area contributed by atoms with Crippen LogP contribution in [0.25, 0.3) is 11.0 Å². The molecule has 1 N–H and O–H groups in total. The summed E-state index contributed by atoms with van der Waals surface area (Å²) in [7, 11) is 1.93. The highest BCUT2D eigenvalue weighted by molar-refractivity contribution is 5.87. The van der Waals surface area contributed by atoms with Gasteiger partial charge in [0.15, 0.2) is 5.65 Å². The molecule has 7 heteroatoms. The molecule has 0 aromatic carbocycles. The summed E-state index contributed by atoms with van der Waals surface area (Å²) in [4.78, 5) is 14.2. The Labute approximate surface area is 154 Å². The summed E-state index contributed by atoms with van der Waals surface area (Å²) in [5, 5.41) is 16.2. The SMILES string of the molecule is Cc1nc(N2C[C@H]3C[C@@H](N4CCCC4)[C@H](O)C[C@H]3C2)c2cnn(C)c2n1. The van der Waals surface area contributed by atoms with Gasteiger partial charge in [-0.3, -0.25) is 9.58 Å². The van der Waals surface area contributed by atoms with Gasteiger partial charge in [0.25, 0.3) is 0 Å². The monoisotopic (exact) mass is 356 g/mol. The number of likely N-dealkylation sites (tertiary alicyclic amines) is 1. The second-order valence-electron chi connectivity index (χ2n) is 8.37. The molecule has 7 nitrogen and oxygen atoms in total. The van der Waals surface area contributed by atoms with Gasteiger partial charge in [0.05, 0.1) is 17.7 Å². The number of aryl methyl sites for hydroxylation is 2. The largest absolute Gasteiger partial charge is 0.391 e. The van der Waals surface area contributed by atoms with E-state index < -0.39 is 0 Å². The van der Waals surface area contributed by atoms with Crippen LogP contribution >= 0.6 is 0 Å². The Morgan fingerprint density at radius 3 is 2.58 bits per heavy atom. The van der Waals surface area contributed by atoms with Gasteiger partial charge in [-0.05, 0) is 57.5 Å². The summed E-state index contributed by atoms with van der Waals surface area (Å²) in [5.41, 5.74) is 0.900. The van der Waals surface area contributed by atoms with Crippen LogP contribution < -0.4 is 4.90 Å². The Morgan fingerprint density at radius 1 is 1.08 bits per heavy atom. The highest BCUT2D eigenvalue weighted by Crippen LogP contribution is 2.41. The fourth-order valence-electron chi connectivity index (χ4n) is 5.40. The molecule has 0 radical (unpaired) electrons. The van der Waals surface area contributed by atoms with Crippen LogP contribution in [0.15, 0.2) is 6.20 Å². The molecule has 4 heterocycles. The molecule has 0 amide bonds. The third kappa shape index (κ3) is 2.60. The summed E-state index contributed by atoms with van der Waals surface area (Å²) < 4.78 is 1.82. The zero-order chi connectivity index (χ0) is 17.8. The summed E-state index contributed by atoms with van der Waals surface area (Å²) in [6.45, 7) is 6.28. The van der Waals surface area contributed by atoms with Crippen molar-refractivity contribution in [1.29, 1.82) is 0 Å². The highest BCUT2D eigenvalue weighted by Gasteiger charge is 2.44. The molecule has 0 spiro atoms. The first-order valence-corrected chi connectivity index (χ1v) is 9.93. The van der Waals surface area contributed by atoms with Gasteiger partial charge in [0.2, 0.25) is 0 Å². The topological polar surface area (TPSA) is 70.3 Å². The molecule has 26 heavy (non-hydrogen) atoms. The lowest BCUT2D eigenvalue weighted by atomic mass is 9.77. The van der Waals surface area contributed by atoms with Crippen LogP contribution in [-0.2, 0) is 7.05 Å². The Hall–Kier alpha value is -1.73. The molecule has 2 aliphatic heterocycles. The van der Waals surface area contributed by atoms with Crippen LogP contribution in [0.1, 0.15) is 31.5 Å². The maximum absolute atomic E-state index is 10.8. The van der Waals surface area contributed by atoms with Gasteiger partial charge in [0, 0.05) is 26.2 Å². The minimum atomic E-state index is -0.181. The lowest BCUT2D eigenvalue weighted by Gasteiger charge is -2.40. The van der Waals surface area contributed by atoms with E-state index in [9.17, 15) is 5.11 Å². The van der Waals surface area contributed by atoms with Gasteiger partial charge < -0.3 is 10.0 Å². The van der Waals surface area contributed by atoms with Crippen molar-refractivity contribution in [3.63, 3.8) is 0 Å². The van der Waals surface area contributed by atoms with Crippen LogP contribution in [0.3, 0.4) is 0 Å². The highest BCUT2D eigenvalue weighted by atomic mass is 16.3. The minimum Gasteiger partial charge on any atom is -0.391 e. The fourth-order valence-corrected chi connectivity index (χ4v) is 5.40. The van der Waals surface area contributed by atoms with Crippen LogP contribution in [0, 0.1) is 18.8 Å². The molecule has 1 saturated carbocycles. The number of aliphatic hydroxyl groups excluding tert-OH is 1. The quantitative estimate of drug-likeness (QED) is 0.876. The molecule has 4 atom stereocenters. The smallest absolute Gasteiger partial charge is 0.163 e. The average molecular weight is 356 g/mol. The molecule has 3 fully saturated rings. The molecule has 140 valence electrons. The van der Waals surface area contributed by atoms with E-state index in [-0.39, 0.29) is 6.10 Å². The van der Waals surface area contributed by atoms with Crippen LogP contribution in [0.2, 0.25) is 0 Å². The van der Waals surface area contributed by atoms with Crippen LogP contribution in [0.4, 0.5) is 5.82 Å². The number of fused-ring (bicyclic) bond motifs is 2. The Morgan fingerprint density at radius 2 is 1.81 bits per heavy atom. The summed E-state index contributed by atoms with van der Waals surface area (Å²) >= 11 is 0. The first-order chi connectivity index (χ1) is 12.6. The predicted molar refractivity (Wildman–Crippen MR) is 100 cm³/mol.